The summed E-state index contributed by atoms with van der Waals surface area (Å²) in [4.78, 5) is 0. The normalized spacial score (nSPS) is 10.5. The second-order valence-electron chi connectivity index (χ2n) is 2.19. The van der Waals surface area contributed by atoms with Gasteiger partial charge in [0.2, 0.25) is 0 Å². The second kappa shape index (κ2) is 3.59. The molecule has 0 bridgehead atoms. The SMILES string of the molecule is Cc1c(F)c(Cl)c(Cl)c(Cl)c1Cl. The summed E-state index contributed by atoms with van der Waals surface area (Å²) in [7, 11) is 0. The lowest BCUT2D eigenvalue weighted by molar-refractivity contribution is 0.619. The Bertz CT molecular complexity index is 230. The number of halogens is 5. The van der Waals surface area contributed by atoms with Gasteiger partial charge in [-0.25, -0.2) is 4.39 Å². The van der Waals surface area contributed by atoms with Crippen LogP contribution >= 0.6 is 46.4 Å². The average Bonchev–Trinajstić information content (AvgIpc) is 2.08. The van der Waals surface area contributed by atoms with E-state index in [4.69, 9.17) is 46.4 Å². The van der Waals surface area contributed by atoms with Crippen molar-refractivity contribution in [3.05, 3.63) is 31.5 Å². The summed E-state index contributed by atoms with van der Waals surface area (Å²) >= 11 is 22.4. The molecule has 0 amide bonds. The van der Waals surface area contributed by atoms with Crippen molar-refractivity contribution < 1.29 is 4.39 Å². The summed E-state index contributed by atoms with van der Waals surface area (Å²) in [6, 6.07) is 0. The van der Waals surface area contributed by atoms with Crippen molar-refractivity contribution in [3.63, 3.8) is 0 Å². The van der Waals surface area contributed by atoms with E-state index >= 15 is 0 Å². The minimum Gasteiger partial charge on any atom is -0.205 e. The summed E-state index contributed by atoms with van der Waals surface area (Å²) < 4.78 is 13.1. The molecule has 0 heterocycles. The van der Waals surface area contributed by atoms with Crippen LogP contribution < -0.4 is 0 Å². The van der Waals surface area contributed by atoms with Crippen LogP contribution in [0, 0.1) is 12.7 Å². The Morgan fingerprint density at radius 1 is 0.833 bits per heavy atom. The van der Waals surface area contributed by atoms with E-state index in [9.17, 15) is 4.39 Å². The minimum absolute atomic E-state index is 0.0496. The highest BCUT2D eigenvalue weighted by Crippen LogP contribution is 2.39. The Hall–Kier alpha value is 0.310. The Labute approximate surface area is 89.2 Å². The molecule has 0 nitrogen and oxygen atoms in total. The largest absolute Gasteiger partial charge is 0.205 e. The lowest BCUT2D eigenvalue weighted by Crippen LogP contribution is -1.88. The van der Waals surface area contributed by atoms with Crippen molar-refractivity contribution in [2.75, 3.05) is 0 Å². The van der Waals surface area contributed by atoms with Crippen molar-refractivity contribution in [3.8, 4) is 0 Å². The van der Waals surface area contributed by atoms with Gasteiger partial charge < -0.3 is 0 Å². The van der Waals surface area contributed by atoms with E-state index in [1.807, 2.05) is 0 Å². The van der Waals surface area contributed by atoms with E-state index in [0.29, 0.717) is 0 Å². The van der Waals surface area contributed by atoms with Gasteiger partial charge >= 0.3 is 0 Å². The third kappa shape index (κ3) is 1.51. The molecule has 12 heavy (non-hydrogen) atoms. The van der Waals surface area contributed by atoms with Gasteiger partial charge in [0.1, 0.15) is 5.82 Å². The van der Waals surface area contributed by atoms with Crippen LogP contribution in [0.3, 0.4) is 0 Å². The first kappa shape index (κ1) is 10.4. The minimum atomic E-state index is -0.629. The molecule has 1 aromatic rings. The molecular formula is C7H3Cl4F. The van der Waals surface area contributed by atoms with Crippen LogP contribution in [0.4, 0.5) is 4.39 Å². The zero-order valence-corrected chi connectivity index (χ0v) is 8.91. The van der Waals surface area contributed by atoms with Crippen molar-refractivity contribution in [2.45, 2.75) is 6.92 Å². The first-order valence-corrected chi connectivity index (χ1v) is 4.46. The summed E-state index contributed by atoms with van der Waals surface area (Å²) in [5.41, 5.74) is 0.205. The molecule has 0 atom stereocenters. The van der Waals surface area contributed by atoms with Gasteiger partial charge in [0, 0.05) is 5.56 Å². The van der Waals surface area contributed by atoms with Gasteiger partial charge in [0.05, 0.1) is 20.1 Å². The van der Waals surface area contributed by atoms with Crippen LogP contribution in [0.25, 0.3) is 0 Å². The Morgan fingerprint density at radius 3 is 1.75 bits per heavy atom. The highest BCUT2D eigenvalue weighted by molar-refractivity contribution is 6.52. The molecule has 0 fully saturated rings. The van der Waals surface area contributed by atoms with Gasteiger partial charge in [0.25, 0.3) is 0 Å². The average molecular weight is 248 g/mol. The van der Waals surface area contributed by atoms with Crippen LogP contribution in [0.2, 0.25) is 20.1 Å². The molecule has 1 aromatic carbocycles. The third-order valence-corrected chi connectivity index (χ3v) is 3.30. The molecule has 0 saturated carbocycles. The van der Waals surface area contributed by atoms with E-state index in [2.05, 4.69) is 0 Å². The van der Waals surface area contributed by atoms with Crippen LogP contribution in [0.1, 0.15) is 5.56 Å². The predicted octanol–water partition coefficient (Wildman–Crippen LogP) is 4.75. The zero-order chi connectivity index (χ0) is 9.46. The van der Waals surface area contributed by atoms with Crippen LogP contribution in [-0.2, 0) is 0 Å². The highest BCUT2D eigenvalue weighted by atomic mass is 35.5. The Balaban J connectivity index is 3.60. The van der Waals surface area contributed by atoms with Crippen molar-refractivity contribution >= 4 is 46.4 Å². The lowest BCUT2D eigenvalue weighted by Gasteiger charge is -2.06. The second-order valence-corrected chi connectivity index (χ2v) is 3.71. The predicted molar refractivity (Wildman–Crippen MR) is 51.2 cm³/mol. The maximum atomic E-state index is 13.1. The monoisotopic (exact) mass is 246 g/mol. The van der Waals surface area contributed by atoms with Gasteiger partial charge in [-0.2, -0.15) is 0 Å². The molecule has 0 aliphatic heterocycles. The Kier molecular flexibility index (Phi) is 3.11. The molecule has 0 aliphatic carbocycles. The van der Waals surface area contributed by atoms with Crippen molar-refractivity contribution in [1.29, 1.82) is 0 Å². The molecule has 0 N–H and O–H groups in total. The molecule has 0 spiro atoms. The maximum Gasteiger partial charge on any atom is 0.147 e. The number of rotatable bonds is 0. The summed E-state index contributed by atoms with van der Waals surface area (Å²) in [5.74, 6) is -0.629. The maximum absolute atomic E-state index is 13.1. The van der Waals surface area contributed by atoms with Gasteiger partial charge in [-0.15, -0.1) is 0 Å². The van der Waals surface area contributed by atoms with E-state index in [1.165, 1.54) is 6.92 Å². The van der Waals surface area contributed by atoms with Gasteiger partial charge in [-0.1, -0.05) is 46.4 Å². The fourth-order valence-electron chi connectivity index (χ4n) is 0.715. The molecule has 66 valence electrons. The molecule has 0 unspecified atom stereocenters. The van der Waals surface area contributed by atoms with Crippen LogP contribution in [0.5, 0.6) is 0 Å². The quantitative estimate of drug-likeness (QED) is 0.459. The lowest BCUT2D eigenvalue weighted by atomic mass is 10.2. The molecule has 0 saturated heterocycles. The van der Waals surface area contributed by atoms with E-state index in [-0.39, 0.29) is 25.7 Å². The van der Waals surface area contributed by atoms with Gasteiger partial charge in [-0.05, 0) is 6.92 Å². The number of hydrogen-bond donors (Lipinski definition) is 0. The third-order valence-electron chi connectivity index (χ3n) is 1.43. The van der Waals surface area contributed by atoms with E-state index in [1.54, 1.807) is 0 Å². The highest BCUT2D eigenvalue weighted by Gasteiger charge is 2.16. The fraction of sp³-hybridized carbons (Fsp3) is 0.143. The van der Waals surface area contributed by atoms with E-state index in [0.717, 1.165) is 0 Å². The van der Waals surface area contributed by atoms with E-state index < -0.39 is 5.82 Å². The topological polar surface area (TPSA) is 0 Å². The fourth-order valence-corrected chi connectivity index (χ4v) is 1.64. The van der Waals surface area contributed by atoms with Crippen LogP contribution in [0.15, 0.2) is 0 Å². The van der Waals surface area contributed by atoms with Gasteiger partial charge in [-0.3, -0.25) is 0 Å². The summed E-state index contributed by atoms with van der Waals surface area (Å²) in [6.45, 7) is 1.48. The first-order chi connectivity index (χ1) is 5.46. The smallest absolute Gasteiger partial charge is 0.147 e. The molecule has 0 aromatic heterocycles. The molecule has 0 radical (unpaired) electrons. The molecule has 0 aliphatic rings. The number of benzene rings is 1. The first-order valence-electron chi connectivity index (χ1n) is 2.94. The summed E-state index contributed by atoms with van der Waals surface area (Å²) in [6.07, 6.45) is 0. The zero-order valence-electron chi connectivity index (χ0n) is 5.89. The van der Waals surface area contributed by atoms with Gasteiger partial charge in [0.15, 0.2) is 0 Å². The number of hydrogen-bond acceptors (Lipinski definition) is 0. The molecular weight excluding hydrogens is 245 g/mol. The van der Waals surface area contributed by atoms with Crippen molar-refractivity contribution in [2.24, 2.45) is 0 Å². The Morgan fingerprint density at radius 2 is 1.25 bits per heavy atom. The van der Waals surface area contributed by atoms with Crippen molar-refractivity contribution in [1.82, 2.24) is 0 Å². The standard InChI is InChI=1S/C7H3Cl4F/c1-2-3(8)4(9)5(10)6(11)7(2)12/h1H3. The van der Waals surface area contributed by atoms with Crippen LogP contribution in [-0.4, -0.2) is 0 Å². The molecule has 1 rings (SSSR count). The molecule has 5 heteroatoms. The summed E-state index contributed by atoms with van der Waals surface area (Å²) in [5, 5.41) is -0.0548.